The first-order valence-corrected chi connectivity index (χ1v) is 10.2. The highest BCUT2D eigenvalue weighted by molar-refractivity contribution is 6.18. The molecule has 5 nitrogen and oxygen atoms in total. The van der Waals surface area contributed by atoms with Crippen LogP contribution >= 0.6 is 0 Å². The quantitative estimate of drug-likeness (QED) is 0.687. The first-order valence-electron chi connectivity index (χ1n) is 10.2. The zero-order valence-corrected chi connectivity index (χ0v) is 15.3. The number of alkyl halides is 3. The largest absolute Gasteiger partial charge is 0.478 e. The lowest BCUT2D eigenvalue weighted by molar-refractivity contribution is -0.230. The molecule has 5 rings (SSSR count). The predicted octanol–water partition coefficient (Wildman–Crippen LogP) is 2.59. The van der Waals surface area contributed by atoms with E-state index in [1.54, 1.807) is 4.90 Å². The summed E-state index contributed by atoms with van der Waals surface area (Å²) in [5.41, 5.74) is -0.543. The van der Waals surface area contributed by atoms with Gasteiger partial charge < -0.3 is 14.7 Å². The van der Waals surface area contributed by atoms with Crippen molar-refractivity contribution < 1.29 is 32.6 Å². The number of carboxylic acid groups (broad SMARTS) is 1. The van der Waals surface area contributed by atoms with Gasteiger partial charge in [-0.05, 0) is 24.7 Å². The number of ketones is 1. The maximum atomic E-state index is 14.7. The van der Waals surface area contributed by atoms with Crippen LogP contribution in [-0.2, 0) is 14.3 Å². The molecule has 0 aromatic carbocycles. The molecule has 1 N–H and O–H groups in total. The van der Waals surface area contributed by atoms with Gasteiger partial charge in [0.25, 0.3) is 0 Å². The van der Waals surface area contributed by atoms with Crippen LogP contribution in [0, 0.1) is 17.8 Å². The van der Waals surface area contributed by atoms with Gasteiger partial charge >= 0.3 is 5.97 Å². The summed E-state index contributed by atoms with van der Waals surface area (Å²) in [4.78, 5) is 25.9. The summed E-state index contributed by atoms with van der Waals surface area (Å²) in [7, 11) is 0. The molecule has 10 atom stereocenters. The van der Waals surface area contributed by atoms with Crippen LogP contribution < -0.4 is 0 Å². The van der Waals surface area contributed by atoms with Crippen molar-refractivity contribution in [1.29, 1.82) is 0 Å². The third kappa shape index (κ3) is 2.49. The number of halogens is 3. The molecule has 3 saturated carbocycles. The van der Waals surface area contributed by atoms with E-state index in [1.165, 1.54) is 6.20 Å². The number of hydrogen-bond acceptors (Lipinski definition) is 4. The molecule has 0 spiro atoms. The molecule has 0 aromatic heterocycles. The van der Waals surface area contributed by atoms with E-state index in [0.29, 0.717) is 18.3 Å². The van der Waals surface area contributed by atoms with Crippen molar-refractivity contribution in [3.8, 4) is 0 Å². The number of aliphatic carboxylic acids is 1. The van der Waals surface area contributed by atoms with Gasteiger partial charge in [-0.25, -0.2) is 18.0 Å². The average Bonchev–Trinajstić information content (AvgIpc) is 2.68. The number of ether oxygens (including phenoxy) is 1. The molecule has 4 fully saturated rings. The van der Waals surface area contributed by atoms with Gasteiger partial charge in [-0.1, -0.05) is 25.7 Å². The Morgan fingerprint density at radius 1 is 1.07 bits per heavy atom. The van der Waals surface area contributed by atoms with Crippen molar-refractivity contribution in [3.63, 3.8) is 0 Å². The van der Waals surface area contributed by atoms with Crippen LogP contribution in [0.1, 0.15) is 38.5 Å². The first-order chi connectivity index (χ1) is 13.4. The van der Waals surface area contributed by atoms with E-state index in [9.17, 15) is 27.9 Å². The second-order valence-corrected chi connectivity index (χ2v) is 8.99. The second kappa shape index (κ2) is 6.47. The van der Waals surface area contributed by atoms with Crippen LogP contribution in [0.5, 0.6) is 0 Å². The predicted molar refractivity (Wildman–Crippen MR) is 91.7 cm³/mol. The highest BCUT2D eigenvalue weighted by Gasteiger charge is 2.63. The van der Waals surface area contributed by atoms with Crippen molar-refractivity contribution >= 4 is 11.8 Å². The molecule has 1 saturated heterocycles. The molecular formula is C20H24F3NO4. The Kier molecular flexibility index (Phi) is 4.27. The standard InChI is InChI=1S/C20H24F3NO4/c21-14-13-17-19(16(23)15(14)22)28-12-6-9-4-2-1-3-8(9)5-11(12)24(17)7-10(18(13)25)20(26)27/h7-9,11-17,19H,1-6H2,(H,26,27). The van der Waals surface area contributed by atoms with E-state index in [0.717, 1.165) is 32.1 Å². The number of carbonyl (C=O) groups is 2. The minimum Gasteiger partial charge on any atom is -0.478 e. The van der Waals surface area contributed by atoms with Gasteiger partial charge in [-0.2, -0.15) is 0 Å². The van der Waals surface area contributed by atoms with Crippen molar-refractivity contribution in [2.45, 2.75) is 81.3 Å². The Bertz CT molecular complexity index is 730. The SMILES string of the molecule is O=C(O)C1=CN2C3CC4CCCCC4CC3OC3C(F)C(F)C(F)C(C1=O)C32. The molecule has 28 heavy (non-hydrogen) atoms. The minimum atomic E-state index is -2.49. The zero-order valence-electron chi connectivity index (χ0n) is 15.3. The van der Waals surface area contributed by atoms with Crippen LogP contribution in [0.2, 0.25) is 0 Å². The molecule has 8 heteroatoms. The van der Waals surface area contributed by atoms with E-state index in [2.05, 4.69) is 0 Å². The Morgan fingerprint density at radius 2 is 1.75 bits per heavy atom. The van der Waals surface area contributed by atoms with E-state index in [-0.39, 0.29) is 12.1 Å². The van der Waals surface area contributed by atoms with Crippen LogP contribution in [0.4, 0.5) is 13.2 Å². The van der Waals surface area contributed by atoms with E-state index < -0.39 is 53.9 Å². The molecule has 2 heterocycles. The number of fused-ring (bicyclic) bond motifs is 3. The maximum Gasteiger partial charge on any atom is 0.340 e. The number of morpholine rings is 1. The topological polar surface area (TPSA) is 66.8 Å². The Labute approximate surface area is 160 Å². The van der Waals surface area contributed by atoms with Crippen LogP contribution in [-0.4, -0.2) is 64.6 Å². The lowest BCUT2D eigenvalue weighted by Crippen LogP contribution is -2.73. The van der Waals surface area contributed by atoms with Crippen molar-refractivity contribution in [2.24, 2.45) is 17.8 Å². The van der Waals surface area contributed by atoms with Crippen molar-refractivity contribution in [1.82, 2.24) is 4.90 Å². The Balaban J connectivity index is 1.57. The molecule has 0 radical (unpaired) electrons. The van der Waals surface area contributed by atoms with E-state index >= 15 is 0 Å². The number of rotatable bonds is 1. The smallest absolute Gasteiger partial charge is 0.340 e. The number of nitrogens with zero attached hydrogens (tertiary/aromatic N) is 1. The molecule has 3 aliphatic carbocycles. The Hall–Kier alpha value is -1.57. The fraction of sp³-hybridized carbons (Fsp3) is 0.800. The van der Waals surface area contributed by atoms with Crippen molar-refractivity contribution in [3.05, 3.63) is 11.8 Å². The summed E-state index contributed by atoms with van der Waals surface area (Å²) < 4.78 is 49.8. The monoisotopic (exact) mass is 399 g/mol. The molecule has 5 aliphatic rings. The normalized spacial score (nSPS) is 50.2. The third-order valence-corrected chi connectivity index (χ3v) is 7.68. The summed E-state index contributed by atoms with van der Waals surface area (Å²) >= 11 is 0. The van der Waals surface area contributed by atoms with Crippen LogP contribution in [0.15, 0.2) is 11.8 Å². The van der Waals surface area contributed by atoms with Gasteiger partial charge in [0.05, 0.1) is 24.1 Å². The highest BCUT2D eigenvalue weighted by Crippen LogP contribution is 2.50. The van der Waals surface area contributed by atoms with Gasteiger partial charge in [-0.15, -0.1) is 0 Å². The lowest BCUT2D eigenvalue weighted by Gasteiger charge is -2.60. The zero-order chi connectivity index (χ0) is 19.7. The van der Waals surface area contributed by atoms with Gasteiger partial charge in [0.1, 0.15) is 17.8 Å². The highest BCUT2D eigenvalue weighted by atomic mass is 19.2. The van der Waals surface area contributed by atoms with Gasteiger partial charge in [-0.3, -0.25) is 4.79 Å². The molecule has 2 aliphatic heterocycles. The van der Waals surface area contributed by atoms with Crippen LogP contribution in [0.3, 0.4) is 0 Å². The first kappa shape index (κ1) is 18.5. The molecule has 0 bridgehead atoms. The number of carboxylic acids is 1. The summed E-state index contributed by atoms with van der Waals surface area (Å²) in [6, 6.07) is -1.23. The molecule has 0 amide bonds. The fourth-order valence-corrected chi connectivity index (χ4v) is 6.39. The van der Waals surface area contributed by atoms with Gasteiger partial charge in [0.2, 0.25) is 0 Å². The summed E-state index contributed by atoms with van der Waals surface area (Å²) in [5, 5.41) is 9.45. The molecule has 10 unspecified atom stereocenters. The molecular weight excluding hydrogens is 375 g/mol. The minimum absolute atomic E-state index is 0.235. The Morgan fingerprint density at radius 3 is 2.43 bits per heavy atom. The van der Waals surface area contributed by atoms with Crippen molar-refractivity contribution in [2.75, 3.05) is 0 Å². The van der Waals surface area contributed by atoms with E-state index in [1.807, 2.05) is 0 Å². The molecule has 0 aromatic rings. The maximum absolute atomic E-state index is 14.7. The summed E-state index contributed by atoms with van der Waals surface area (Å²) in [5.74, 6) is -3.04. The average molecular weight is 399 g/mol. The van der Waals surface area contributed by atoms with Gasteiger partial charge in [0, 0.05) is 6.20 Å². The number of hydrogen-bond donors (Lipinski definition) is 1. The molecule has 154 valence electrons. The second-order valence-electron chi connectivity index (χ2n) is 8.99. The van der Waals surface area contributed by atoms with Crippen LogP contribution in [0.25, 0.3) is 0 Å². The summed E-state index contributed by atoms with van der Waals surface area (Å²) in [6.07, 6.45) is -1.49. The fourth-order valence-electron chi connectivity index (χ4n) is 6.39. The van der Waals surface area contributed by atoms with Gasteiger partial charge in [0.15, 0.2) is 18.1 Å². The van der Waals surface area contributed by atoms with E-state index in [4.69, 9.17) is 4.74 Å². The third-order valence-electron chi connectivity index (χ3n) is 7.68. The number of Topliss-reactive ketones (excluding diaryl/α,β-unsaturated/α-hetero) is 1. The summed E-state index contributed by atoms with van der Waals surface area (Å²) in [6.45, 7) is 0. The lowest BCUT2D eigenvalue weighted by atomic mass is 9.65. The number of carbonyl (C=O) groups excluding carboxylic acids is 1.